The summed E-state index contributed by atoms with van der Waals surface area (Å²) in [7, 11) is 0. The van der Waals surface area contributed by atoms with E-state index in [1.54, 1.807) is 0 Å². The van der Waals surface area contributed by atoms with Gasteiger partial charge in [0.15, 0.2) is 5.78 Å². The van der Waals surface area contributed by atoms with Crippen molar-refractivity contribution in [1.29, 1.82) is 5.26 Å². The van der Waals surface area contributed by atoms with Gasteiger partial charge >= 0.3 is 0 Å². The molecule has 0 N–H and O–H groups in total. The van der Waals surface area contributed by atoms with Crippen LogP contribution in [0, 0.1) is 24.2 Å². The summed E-state index contributed by atoms with van der Waals surface area (Å²) in [5.74, 6) is 0.246. The summed E-state index contributed by atoms with van der Waals surface area (Å²) in [6.45, 7) is 3.08. The van der Waals surface area contributed by atoms with Gasteiger partial charge in [0.05, 0.1) is 17.6 Å². The Morgan fingerprint density at radius 3 is 2.40 bits per heavy atom. The Bertz CT molecular complexity index is 1280. The van der Waals surface area contributed by atoms with E-state index in [9.17, 15) is 14.9 Å². The van der Waals surface area contributed by atoms with Crippen molar-refractivity contribution in [3.05, 3.63) is 89.5 Å². The van der Waals surface area contributed by atoms with Crippen LogP contribution < -0.4 is 4.74 Å². The highest BCUT2D eigenvalue weighted by molar-refractivity contribution is 6.03. The first-order valence-electron chi connectivity index (χ1n) is 12.2. The summed E-state index contributed by atoms with van der Waals surface area (Å²) >= 11 is 0. The Kier molecular flexibility index (Phi) is 6.13. The average Bonchev–Trinajstić information content (AvgIpc) is 2.89. The summed E-state index contributed by atoms with van der Waals surface area (Å²) in [5, 5.41) is 9.23. The highest BCUT2D eigenvalue weighted by Crippen LogP contribution is 2.46. The van der Waals surface area contributed by atoms with Crippen molar-refractivity contribution in [3.63, 3.8) is 0 Å². The summed E-state index contributed by atoms with van der Waals surface area (Å²) in [4.78, 5) is 28.5. The maximum Gasteiger partial charge on any atom is 0.253 e. The van der Waals surface area contributed by atoms with E-state index in [1.807, 2.05) is 53.4 Å². The van der Waals surface area contributed by atoms with E-state index in [-0.39, 0.29) is 11.7 Å². The predicted molar refractivity (Wildman–Crippen MR) is 134 cm³/mol. The maximum atomic E-state index is 13.7. The average molecular weight is 465 g/mol. The Morgan fingerprint density at radius 1 is 1.03 bits per heavy atom. The molecule has 5 nitrogen and oxygen atoms in total. The molecular formula is C30H28N2O3. The van der Waals surface area contributed by atoms with E-state index in [1.165, 1.54) is 5.56 Å². The number of fused-ring (bicyclic) bond motifs is 1. The van der Waals surface area contributed by atoms with Crippen LogP contribution in [0.1, 0.15) is 52.0 Å². The van der Waals surface area contributed by atoms with Gasteiger partial charge in [0.2, 0.25) is 0 Å². The molecule has 1 spiro atoms. The fraction of sp³-hybridized carbons (Fsp3) is 0.300. The van der Waals surface area contributed by atoms with Crippen LogP contribution in [-0.4, -0.2) is 35.3 Å². The maximum absolute atomic E-state index is 13.7. The first-order chi connectivity index (χ1) is 17.0. The van der Waals surface area contributed by atoms with Crippen LogP contribution in [0.15, 0.2) is 72.8 Å². The minimum absolute atomic E-state index is 0.00165. The lowest BCUT2D eigenvalue weighted by atomic mass is 9.71. The van der Waals surface area contributed by atoms with Crippen molar-refractivity contribution in [3.8, 4) is 22.9 Å². The number of amides is 1. The second-order valence-corrected chi connectivity index (χ2v) is 9.52. The molecule has 1 amide bonds. The van der Waals surface area contributed by atoms with E-state index >= 15 is 0 Å². The first-order valence-corrected chi connectivity index (χ1v) is 12.2. The molecule has 35 heavy (non-hydrogen) atoms. The Labute approximate surface area is 206 Å². The quantitative estimate of drug-likeness (QED) is 0.487. The minimum atomic E-state index is -0.708. The van der Waals surface area contributed by atoms with Crippen molar-refractivity contribution < 1.29 is 14.3 Å². The van der Waals surface area contributed by atoms with Crippen molar-refractivity contribution >= 4 is 11.7 Å². The van der Waals surface area contributed by atoms with Gasteiger partial charge in [-0.3, -0.25) is 9.59 Å². The number of Topliss-reactive ketones (excluding diaryl/α,β-unsaturated/α-hetero) is 1. The van der Waals surface area contributed by atoms with E-state index in [0.717, 1.165) is 11.1 Å². The van der Waals surface area contributed by atoms with E-state index in [2.05, 4.69) is 37.3 Å². The zero-order valence-electron chi connectivity index (χ0n) is 19.9. The van der Waals surface area contributed by atoms with Crippen LogP contribution in [0.4, 0.5) is 0 Å². The predicted octanol–water partition coefficient (Wildman–Crippen LogP) is 5.83. The molecule has 0 bridgehead atoms. The number of rotatable bonds is 4. The van der Waals surface area contributed by atoms with Crippen LogP contribution >= 0.6 is 0 Å². The Balaban J connectivity index is 1.44. The number of carbonyl (C=O) groups is 2. The van der Waals surface area contributed by atoms with Crippen molar-refractivity contribution in [1.82, 2.24) is 4.90 Å². The number of piperidine rings is 1. The molecule has 1 saturated heterocycles. The lowest BCUT2D eigenvalue weighted by Gasteiger charge is -2.48. The molecule has 0 saturated carbocycles. The lowest BCUT2D eigenvalue weighted by Crippen LogP contribution is -2.57. The van der Waals surface area contributed by atoms with E-state index in [0.29, 0.717) is 55.6 Å². The SMILES string of the molecule is Cc1ccc(-c2ccc3c(c2)OC2(CCN(C(=O)c4ccccc4)CC2)C(CCC#N)C3=O)cc1. The van der Waals surface area contributed by atoms with Gasteiger partial charge in [0, 0.05) is 37.9 Å². The molecule has 1 unspecified atom stereocenters. The van der Waals surface area contributed by atoms with Gasteiger partial charge in [-0.2, -0.15) is 5.26 Å². The van der Waals surface area contributed by atoms with Crippen LogP contribution in [-0.2, 0) is 0 Å². The molecule has 1 fully saturated rings. The normalized spacial score (nSPS) is 18.5. The molecule has 2 aliphatic heterocycles. The number of hydrogen-bond acceptors (Lipinski definition) is 4. The summed E-state index contributed by atoms with van der Waals surface area (Å²) in [5.41, 5.74) is 3.79. The van der Waals surface area contributed by atoms with E-state index < -0.39 is 11.5 Å². The Morgan fingerprint density at radius 2 is 1.71 bits per heavy atom. The molecule has 2 aliphatic rings. The number of hydrogen-bond donors (Lipinski definition) is 0. The molecule has 0 aliphatic carbocycles. The molecule has 2 heterocycles. The number of aryl methyl sites for hydroxylation is 1. The van der Waals surface area contributed by atoms with Crippen molar-refractivity contribution in [2.45, 2.75) is 38.2 Å². The third-order valence-electron chi connectivity index (χ3n) is 7.36. The van der Waals surface area contributed by atoms with Crippen LogP contribution in [0.5, 0.6) is 5.75 Å². The number of nitriles is 1. The van der Waals surface area contributed by atoms with Gasteiger partial charge in [-0.1, -0.05) is 54.1 Å². The Hall–Kier alpha value is -3.91. The molecule has 5 heteroatoms. The minimum Gasteiger partial charge on any atom is -0.486 e. The van der Waals surface area contributed by atoms with Gasteiger partial charge in [0.25, 0.3) is 5.91 Å². The lowest BCUT2D eigenvalue weighted by molar-refractivity contribution is -0.0411. The van der Waals surface area contributed by atoms with Crippen LogP contribution in [0.3, 0.4) is 0 Å². The number of carbonyl (C=O) groups excluding carboxylic acids is 2. The topological polar surface area (TPSA) is 70.4 Å². The van der Waals surface area contributed by atoms with Crippen LogP contribution in [0.25, 0.3) is 11.1 Å². The van der Waals surface area contributed by atoms with Gasteiger partial charge in [-0.25, -0.2) is 0 Å². The van der Waals surface area contributed by atoms with Crippen molar-refractivity contribution in [2.24, 2.45) is 5.92 Å². The second kappa shape index (κ2) is 9.38. The number of ketones is 1. The van der Waals surface area contributed by atoms with Gasteiger partial charge in [-0.15, -0.1) is 0 Å². The number of nitrogens with zero attached hydrogens (tertiary/aromatic N) is 2. The number of ether oxygens (including phenoxy) is 1. The van der Waals surface area contributed by atoms with Crippen molar-refractivity contribution in [2.75, 3.05) is 13.1 Å². The highest BCUT2D eigenvalue weighted by atomic mass is 16.5. The molecule has 0 radical (unpaired) electrons. The monoisotopic (exact) mass is 464 g/mol. The molecular weight excluding hydrogens is 436 g/mol. The fourth-order valence-electron chi connectivity index (χ4n) is 5.36. The third kappa shape index (κ3) is 4.33. The fourth-order valence-corrected chi connectivity index (χ4v) is 5.36. The van der Waals surface area contributed by atoms with Gasteiger partial charge < -0.3 is 9.64 Å². The summed E-state index contributed by atoms with van der Waals surface area (Å²) < 4.78 is 6.69. The van der Waals surface area contributed by atoms with Gasteiger partial charge in [-0.05, 0) is 48.7 Å². The van der Waals surface area contributed by atoms with Crippen LogP contribution in [0.2, 0.25) is 0 Å². The standard InChI is InChI=1S/C30H28N2O3/c1-21-9-11-22(12-10-21)24-13-14-25-27(20-24)35-30(26(28(25)33)8-5-17-31)15-18-32(19-16-30)29(34)23-6-3-2-4-7-23/h2-4,6-7,9-14,20,26H,5,8,15-16,18-19H2,1H3. The largest absolute Gasteiger partial charge is 0.486 e. The summed E-state index contributed by atoms with van der Waals surface area (Å²) in [6, 6.07) is 25.5. The zero-order chi connectivity index (χ0) is 24.4. The molecule has 5 rings (SSSR count). The van der Waals surface area contributed by atoms with Gasteiger partial charge in [0.1, 0.15) is 11.4 Å². The molecule has 3 aromatic carbocycles. The first kappa shape index (κ1) is 22.9. The smallest absolute Gasteiger partial charge is 0.253 e. The zero-order valence-corrected chi connectivity index (χ0v) is 19.9. The molecule has 3 aromatic rings. The highest BCUT2D eigenvalue weighted by Gasteiger charge is 2.51. The summed E-state index contributed by atoms with van der Waals surface area (Å²) in [6.07, 6.45) is 1.87. The number of likely N-dealkylation sites (tertiary alicyclic amines) is 1. The number of benzene rings is 3. The molecule has 176 valence electrons. The molecule has 1 atom stereocenters. The molecule has 0 aromatic heterocycles. The van der Waals surface area contributed by atoms with E-state index in [4.69, 9.17) is 4.74 Å². The second-order valence-electron chi connectivity index (χ2n) is 9.52. The third-order valence-corrected chi connectivity index (χ3v) is 7.36.